The number of amides is 2. The van der Waals surface area contributed by atoms with Crippen molar-refractivity contribution in [3.63, 3.8) is 0 Å². The van der Waals surface area contributed by atoms with Crippen LogP contribution >= 0.6 is 0 Å². The monoisotopic (exact) mass is 314 g/mol. The van der Waals surface area contributed by atoms with Crippen molar-refractivity contribution in [1.29, 1.82) is 0 Å². The van der Waals surface area contributed by atoms with Crippen molar-refractivity contribution in [3.8, 4) is 0 Å². The maximum Gasteiger partial charge on any atom is 0.253 e. The zero-order valence-electron chi connectivity index (χ0n) is 13.9. The quantitative estimate of drug-likeness (QED) is 0.925. The van der Waals surface area contributed by atoms with Gasteiger partial charge in [0, 0.05) is 30.3 Å². The molecule has 1 aromatic rings. The first-order valence-electron chi connectivity index (χ1n) is 8.83. The highest BCUT2D eigenvalue weighted by molar-refractivity contribution is 5.96. The van der Waals surface area contributed by atoms with Crippen LogP contribution in [0.3, 0.4) is 0 Å². The fourth-order valence-electron chi connectivity index (χ4n) is 3.52. The molecule has 2 amide bonds. The van der Waals surface area contributed by atoms with Gasteiger partial charge in [-0.25, -0.2) is 0 Å². The highest BCUT2D eigenvalue weighted by Gasteiger charge is 2.23. The molecule has 1 aromatic carbocycles. The number of piperidine rings is 1. The summed E-state index contributed by atoms with van der Waals surface area (Å²) in [5, 5.41) is 2.97. The second kappa shape index (κ2) is 7.16. The number of likely N-dealkylation sites (tertiary alicyclic amines) is 1. The van der Waals surface area contributed by atoms with Gasteiger partial charge in [-0.05, 0) is 55.9 Å². The Morgan fingerprint density at radius 2 is 1.61 bits per heavy atom. The Morgan fingerprint density at radius 1 is 1.00 bits per heavy atom. The highest BCUT2D eigenvalue weighted by Crippen LogP contribution is 2.26. The SMILES string of the molecule is CC1CCN(C(=O)c2ccc(NC(=O)C3CCCC3)cc2)CC1. The average molecular weight is 314 g/mol. The van der Waals surface area contributed by atoms with Crippen LogP contribution in [-0.2, 0) is 4.79 Å². The lowest BCUT2D eigenvalue weighted by molar-refractivity contribution is -0.119. The van der Waals surface area contributed by atoms with E-state index in [-0.39, 0.29) is 17.7 Å². The first kappa shape index (κ1) is 16.0. The van der Waals surface area contributed by atoms with Gasteiger partial charge in [0.2, 0.25) is 5.91 Å². The minimum absolute atomic E-state index is 0.102. The fourth-order valence-corrected chi connectivity index (χ4v) is 3.52. The molecular formula is C19H26N2O2. The van der Waals surface area contributed by atoms with Gasteiger partial charge in [-0.15, -0.1) is 0 Å². The maximum atomic E-state index is 12.5. The van der Waals surface area contributed by atoms with Crippen LogP contribution in [0, 0.1) is 11.8 Å². The van der Waals surface area contributed by atoms with Crippen molar-refractivity contribution >= 4 is 17.5 Å². The number of hydrogen-bond donors (Lipinski definition) is 1. The number of anilines is 1. The minimum atomic E-state index is 0.102. The Hall–Kier alpha value is -1.84. The molecule has 1 heterocycles. The Bertz CT molecular complexity index is 553. The summed E-state index contributed by atoms with van der Waals surface area (Å²) in [6.45, 7) is 3.93. The molecule has 4 heteroatoms. The third-order valence-electron chi connectivity index (χ3n) is 5.20. The summed E-state index contributed by atoms with van der Waals surface area (Å²) in [5.74, 6) is 1.09. The molecule has 2 aliphatic rings. The molecule has 0 radical (unpaired) electrons. The average Bonchev–Trinajstić information content (AvgIpc) is 3.10. The first-order valence-corrected chi connectivity index (χ1v) is 8.83. The van der Waals surface area contributed by atoms with Gasteiger partial charge in [0.05, 0.1) is 0 Å². The zero-order chi connectivity index (χ0) is 16.2. The lowest BCUT2D eigenvalue weighted by atomic mass is 9.98. The van der Waals surface area contributed by atoms with E-state index in [2.05, 4.69) is 12.2 Å². The van der Waals surface area contributed by atoms with E-state index in [0.717, 1.165) is 57.3 Å². The molecular weight excluding hydrogens is 288 g/mol. The third kappa shape index (κ3) is 3.92. The molecule has 0 bridgehead atoms. The van der Waals surface area contributed by atoms with Gasteiger partial charge in [0.25, 0.3) is 5.91 Å². The van der Waals surface area contributed by atoms with E-state index in [9.17, 15) is 9.59 Å². The van der Waals surface area contributed by atoms with Crippen molar-refractivity contribution in [2.75, 3.05) is 18.4 Å². The van der Waals surface area contributed by atoms with Gasteiger partial charge >= 0.3 is 0 Å². The molecule has 1 saturated heterocycles. The predicted octanol–water partition coefficient (Wildman–Crippen LogP) is 3.69. The number of benzene rings is 1. The molecule has 0 spiro atoms. The van der Waals surface area contributed by atoms with E-state index >= 15 is 0 Å². The zero-order valence-corrected chi connectivity index (χ0v) is 13.9. The smallest absolute Gasteiger partial charge is 0.253 e. The predicted molar refractivity (Wildman–Crippen MR) is 91.3 cm³/mol. The van der Waals surface area contributed by atoms with Gasteiger partial charge in [-0.1, -0.05) is 19.8 Å². The van der Waals surface area contributed by atoms with Crippen LogP contribution in [0.4, 0.5) is 5.69 Å². The number of nitrogens with zero attached hydrogens (tertiary/aromatic N) is 1. The molecule has 1 aliphatic heterocycles. The number of carbonyl (C=O) groups excluding carboxylic acids is 2. The molecule has 0 aromatic heterocycles. The second-order valence-electron chi connectivity index (χ2n) is 7.02. The third-order valence-corrected chi connectivity index (χ3v) is 5.20. The molecule has 3 rings (SSSR count). The summed E-state index contributed by atoms with van der Waals surface area (Å²) in [5.41, 5.74) is 1.49. The topological polar surface area (TPSA) is 49.4 Å². The van der Waals surface area contributed by atoms with Crippen molar-refractivity contribution < 1.29 is 9.59 Å². The van der Waals surface area contributed by atoms with Crippen LogP contribution < -0.4 is 5.32 Å². The van der Waals surface area contributed by atoms with E-state index in [1.807, 2.05) is 29.2 Å². The first-order chi connectivity index (χ1) is 11.1. The van der Waals surface area contributed by atoms with Gasteiger partial charge in [-0.3, -0.25) is 9.59 Å². The summed E-state index contributed by atoms with van der Waals surface area (Å²) >= 11 is 0. The van der Waals surface area contributed by atoms with Crippen LogP contribution in [0.1, 0.15) is 55.8 Å². The van der Waals surface area contributed by atoms with Gasteiger partial charge in [0.15, 0.2) is 0 Å². The van der Waals surface area contributed by atoms with E-state index in [0.29, 0.717) is 11.5 Å². The lowest BCUT2D eigenvalue weighted by Gasteiger charge is -2.30. The van der Waals surface area contributed by atoms with Crippen LogP contribution in [0.2, 0.25) is 0 Å². The largest absolute Gasteiger partial charge is 0.339 e. The summed E-state index contributed by atoms with van der Waals surface area (Å²) in [4.78, 5) is 26.5. The lowest BCUT2D eigenvalue weighted by Crippen LogP contribution is -2.37. The minimum Gasteiger partial charge on any atom is -0.339 e. The van der Waals surface area contributed by atoms with Crippen molar-refractivity contribution in [3.05, 3.63) is 29.8 Å². The van der Waals surface area contributed by atoms with Crippen LogP contribution in [0.15, 0.2) is 24.3 Å². The number of nitrogens with one attached hydrogen (secondary N) is 1. The van der Waals surface area contributed by atoms with Gasteiger partial charge in [0.1, 0.15) is 0 Å². The van der Waals surface area contributed by atoms with Gasteiger partial charge in [-0.2, -0.15) is 0 Å². The molecule has 2 fully saturated rings. The molecule has 1 aliphatic carbocycles. The molecule has 1 saturated carbocycles. The van der Waals surface area contributed by atoms with Gasteiger partial charge < -0.3 is 10.2 Å². The van der Waals surface area contributed by atoms with Crippen LogP contribution in [0.5, 0.6) is 0 Å². The molecule has 23 heavy (non-hydrogen) atoms. The van der Waals surface area contributed by atoms with Crippen molar-refractivity contribution in [1.82, 2.24) is 4.90 Å². The van der Waals surface area contributed by atoms with E-state index in [1.165, 1.54) is 0 Å². The summed E-state index contributed by atoms with van der Waals surface area (Å²) in [6.07, 6.45) is 6.47. The molecule has 1 N–H and O–H groups in total. The summed E-state index contributed by atoms with van der Waals surface area (Å²) in [7, 11) is 0. The standard InChI is InChI=1S/C19H26N2O2/c1-14-10-12-21(13-11-14)19(23)16-6-8-17(9-7-16)20-18(22)15-4-2-3-5-15/h6-9,14-15H,2-5,10-13H2,1H3,(H,20,22). The second-order valence-corrected chi connectivity index (χ2v) is 7.02. The maximum absolute atomic E-state index is 12.5. The number of rotatable bonds is 3. The molecule has 0 atom stereocenters. The summed E-state index contributed by atoms with van der Waals surface area (Å²) < 4.78 is 0. The van der Waals surface area contributed by atoms with E-state index in [4.69, 9.17) is 0 Å². The molecule has 4 nitrogen and oxygen atoms in total. The summed E-state index contributed by atoms with van der Waals surface area (Å²) in [6, 6.07) is 7.33. The Balaban J connectivity index is 1.58. The Morgan fingerprint density at radius 3 is 2.22 bits per heavy atom. The highest BCUT2D eigenvalue weighted by atomic mass is 16.2. The van der Waals surface area contributed by atoms with Crippen LogP contribution in [0.25, 0.3) is 0 Å². The molecule has 0 unspecified atom stereocenters. The van der Waals surface area contributed by atoms with E-state index < -0.39 is 0 Å². The Kier molecular flexibility index (Phi) is 4.99. The number of carbonyl (C=O) groups is 2. The van der Waals surface area contributed by atoms with Crippen molar-refractivity contribution in [2.45, 2.75) is 45.4 Å². The van der Waals surface area contributed by atoms with E-state index in [1.54, 1.807) is 0 Å². The fraction of sp³-hybridized carbons (Fsp3) is 0.579. The number of hydrogen-bond acceptors (Lipinski definition) is 2. The van der Waals surface area contributed by atoms with Crippen molar-refractivity contribution in [2.24, 2.45) is 11.8 Å². The van der Waals surface area contributed by atoms with Crippen LogP contribution in [-0.4, -0.2) is 29.8 Å². The Labute approximate surface area is 138 Å². The normalized spacial score (nSPS) is 19.8. The molecule has 124 valence electrons.